The highest BCUT2D eigenvalue weighted by molar-refractivity contribution is 7.89. The van der Waals surface area contributed by atoms with Crippen molar-refractivity contribution in [1.29, 1.82) is 0 Å². The van der Waals surface area contributed by atoms with E-state index < -0.39 is 10.0 Å². The lowest BCUT2D eigenvalue weighted by Crippen LogP contribution is -2.38. The summed E-state index contributed by atoms with van der Waals surface area (Å²) in [4.78, 5) is 14.7. The molecule has 6 nitrogen and oxygen atoms in total. The van der Waals surface area contributed by atoms with Gasteiger partial charge in [-0.05, 0) is 50.3 Å². The molecule has 0 bridgehead atoms. The second kappa shape index (κ2) is 8.19. The second-order valence-corrected chi connectivity index (χ2v) is 8.48. The fourth-order valence-electron chi connectivity index (χ4n) is 2.82. The molecular weight excluding hydrogens is 340 g/mol. The zero-order chi connectivity index (χ0) is 18.6. The third kappa shape index (κ3) is 4.73. The Hall–Kier alpha value is -1.60. The third-order valence-corrected chi connectivity index (χ3v) is 6.34. The number of amides is 1. The van der Waals surface area contributed by atoms with Crippen LogP contribution in [0.15, 0.2) is 23.1 Å². The molecule has 0 aromatic heterocycles. The van der Waals surface area contributed by atoms with Gasteiger partial charge in [0.1, 0.15) is 5.75 Å². The summed E-state index contributed by atoms with van der Waals surface area (Å²) in [6, 6.07) is 4.27. The molecule has 140 valence electrons. The number of nitrogens with one attached hydrogen (secondary N) is 1. The summed E-state index contributed by atoms with van der Waals surface area (Å²) in [6.45, 7) is 7.27. The van der Waals surface area contributed by atoms with Crippen molar-refractivity contribution in [3.8, 4) is 5.75 Å². The Labute approximate surface area is 150 Å². The van der Waals surface area contributed by atoms with Gasteiger partial charge in [0.15, 0.2) is 0 Å². The van der Waals surface area contributed by atoms with Gasteiger partial charge in [0, 0.05) is 19.1 Å². The van der Waals surface area contributed by atoms with Crippen LogP contribution in [0.5, 0.6) is 5.75 Å². The molecule has 1 aromatic carbocycles. The lowest BCUT2D eigenvalue weighted by molar-refractivity contribution is 0.0693. The van der Waals surface area contributed by atoms with Crippen LogP contribution in [0.2, 0.25) is 0 Å². The number of piperidine rings is 1. The fraction of sp³-hybridized carbons (Fsp3) is 0.611. The Kier molecular flexibility index (Phi) is 6.46. The van der Waals surface area contributed by atoms with Gasteiger partial charge < -0.3 is 9.64 Å². The SMILES string of the molecule is CC[C@@H](C)NS(=O)(=O)c1ccc(OC)c(C(=O)N2CCC(C)CC2)c1. The predicted octanol–water partition coefficient (Wildman–Crippen LogP) is 2.64. The van der Waals surface area contributed by atoms with Gasteiger partial charge in [-0.25, -0.2) is 13.1 Å². The molecule has 1 saturated heterocycles. The van der Waals surface area contributed by atoms with Gasteiger partial charge in [0.2, 0.25) is 10.0 Å². The largest absolute Gasteiger partial charge is 0.496 e. The highest BCUT2D eigenvalue weighted by Gasteiger charge is 2.26. The third-order valence-electron chi connectivity index (χ3n) is 4.75. The minimum atomic E-state index is -3.67. The first kappa shape index (κ1) is 19.7. The summed E-state index contributed by atoms with van der Waals surface area (Å²) in [5.41, 5.74) is 0.295. The molecule has 1 atom stereocenters. The molecule has 25 heavy (non-hydrogen) atoms. The second-order valence-electron chi connectivity index (χ2n) is 6.77. The normalized spacial score (nSPS) is 17.4. The molecule has 0 spiro atoms. The molecule has 1 aromatic rings. The van der Waals surface area contributed by atoms with Crippen LogP contribution in [0.25, 0.3) is 0 Å². The number of rotatable bonds is 6. The van der Waals surface area contributed by atoms with Crippen LogP contribution in [-0.4, -0.2) is 45.5 Å². The molecule has 0 saturated carbocycles. The number of nitrogens with zero attached hydrogens (tertiary/aromatic N) is 1. The zero-order valence-electron chi connectivity index (χ0n) is 15.4. The summed E-state index contributed by atoms with van der Waals surface area (Å²) in [7, 11) is -2.19. The van der Waals surface area contributed by atoms with E-state index in [-0.39, 0.29) is 16.8 Å². The minimum Gasteiger partial charge on any atom is -0.496 e. The van der Waals surface area contributed by atoms with Crippen LogP contribution in [-0.2, 0) is 10.0 Å². The van der Waals surface area contributed by atoms with Crippen LogP contribution in [0.3, 0.4) is 0 Å². The highest BCUT2D eigenvalue weighted by atomic mass is 32.2. The van der Waals surface area contributed by atoms with Crippen molar-refractivity contribution in [2.24, 2.45) is 5.92 Å². The number of benzene rings is 1. The van der Waals surface area contributed by atoms with E-state index in [1.54, 1.807) is 11.0 Å². The molecule has 1 N–H and O–H groups in total. The summed E-state index contributed by atoms with van der Waals surface area (Å²) in [5, 5.41) is 0. The highest BCUT2D eigenvalue weighted by Crippen LogP contribution is 2.26. The Morgan fingerprint density at radius 2 is 2.00 bits per heavy atom. The van der Waals surface area contributed by atoms with Crippen molar-refractivity contribution in [3.63, 3.8) is 0 Å². The van der Waals surface area contributed by atoms with Crippen LogP contribution in [0.4, 0.5) is 0 Å². The Morgan fingerprint density at radius 1 is 1.36 bits per heavy atom. The van der Waals surface area contributed by atoms with E-state index in [1.165, 1.54) is 19.2 Å². The maximum atomic E-state index is 12.9. The van der Waals surface area contributed by atoms with Crippen molar-refractivity contribution in [2.75, 3.05) is 20.2 Å². The van der Waals surface area contributed by atoms with Gasteiger partial charge in [0.25, 0.3) is 5.91 Å². The standard InChI is InChI=1S/C18H28N2O4S/c1-5-14(3)19-25(22,23)15-6-7-17(24-4)16(12-15)18(21)20-10-8-13(2)9-11-20/h6-7,12-14,19H,5,8-11H2,1-4H3/t14-/m1/s1. The van der Waals surface area contributed by atoms with Crippen LogP contribution >= 0.6 is 0 Å². The molecule has 1 heterocycles. The number of carbonyl (C=O) groups excluding carboxylic acids is 1. The molecule has 1 aliphatic heterocycles. The summed E-state index contributed by atoms with van der Waals surface area (Å²) < 4.78 is 32.9. The van der Waals surface area contributed by atoms with Crippen molar-refractivity contribution < 1.29 is 17.9 Å². The summed E-state index contributed by atoms with van der Waals surface area (Å²) in [6.07, 6.45) is 2.61. The lowest BCUT2D eigenvalue weighted by atomic mass is 9.98. The summed E-state index contributed by atoms with van der Waals surface area (Å²) >= 11 is 0. The average molecular weight is 368 g/mol. The van der Waals surface area contributed by atoms with Crippen molar-refractivity contribution in [1.82, 2.24) is 9.62 Å². The van der Waals surface area contributed by atoms with Gasteiger partial charge in [-0.3, -0.25) is 4.79 Å². The first-order chi connectivity index (χ1) is 11.8. The van der Waals surface area contributed by atoms with Crippen molar-refractivity contribution in [2.45, 2.75) is 51.0 Å². The Bertz CT molecular complexity index is 710. The number of hydrogen-bond acceptors (Lipinski definition) is 4. The molecule has 2 rings (SSSR count). The number of likely N-dealkylation sites (tertiary alicyclic amines) is 1. The van der Waals surface area contributed by atoms with Crippen LogP contribution in [0.1, 0.15) is 50.4 Å². The summed E-state index contributed by atoms with van der Waals surface area (Å²) in [5.74, 6) is 0.827. The molecular formula is C18H28N2O4S. The average Bonchev–Trinajstić information content (AvgIpc) is 2.60. The zero-order valence-corrected chi connectivity index (χ0v) is 16.2. The first-order valence-corrected chi connectivity index (χ1v) is 10.3. The number of carbonyl (C=O) groups is 1. The van der Waals surface area contributed by atoms with E-state index in [1.807, 2.05) is 13.8 Å². The molecule has 1 aliphatic rings. The monoisotopic (exact) mass is 368 g/mol. The number of sulfonamides is 1. The topological polar surface area (TPSA) is 75.7 Å². The number of hydrogen-bond donors (Lipinski definition) is 1. The van der Waals surface area contributed by atoms with Gasteiger partial charge in [-0.2, -0.15) is 0 Å². The van der Waals surface area contributed by atoms with Crippen LogP contribution < -0.4 is 9.46 Å². The van der Waals surface area contributed by atoms with E-state index in [0.29, 0.717) is 36.7 Å². The maximum absolute atomic E-state index is 12.9. The smallest absolute Gasteiger partial charge is 0.257 e. The maximum Gasteiger partial charge on any atom is 0.257 e. The quantitative estimate of drug-likeness (QED) is 0.837. The molecule has 7 heteroatoms. The predicted molar refractivity (Wildman–Crippen MR) is 97.4 cm³/mol. The van der Waals surface area contributed by atoms with Crippen molar-refractivity contribution in [3.05, 3.63) is 23.8 Å². The van der Waals surface area contributed by atoms with E-state index in [9.17, 15) is 13.2 Å². The minimum absolute atomic E-state index is 0.0855. The van der Waals surface area contributed by atoms with Crippen LogP contribution in [0, 0.1) is 5.92 Å². The lowest BCUT2D eigenvalue weighted by Gasteiger charge is -2.30. The Morgan fingerprint density at radius 3 is 2.56 bits per heavy atom. The van der Waals surface area contributed by atoms with Crippen molar-refractivity contribution >= 4 is 15.9 Å². The van der Waals surface area contributed by atoms with E-state index in [4.69, 9.17) is 4.74 Å². The number of methoxy groups -OCH3 is 1. The molecule has 0 aliphatic carbocycles. The fourth-order valence-corrected chi connectivity index (χ4v) is 4.17. The molecule has 1 amide bonds. The molecule has 0 unspecified atom stereocenters. The van der Waals surface area contributed by atoms with Gasteiger partial charge in [-0.15, -0.1) is 0 Å². The number of ether oxygens (including phenoxy) is 1. The van der Waals surface area contributed by atoms with E-state index in [2.05, 4.69) is 11.6 Å². The van der Waals surface area contributed by atoms with Gasteiger partial charge in [-0.1, -0.05) is 13.8 Å². The molecule has 0 radical (unpaired) electrons. The van der Waals surface area contributed by atoms with E-state index in [0.717, 1.165) is 12.8 Å². The Balaban J connectivity index is 2.32. The van der Waals surface area contributed by atoms with Gasteiger partial charge >= 0.3 is 0 Å². The van der Waals surface area contributed by atoms with Gasteiger partial charge in [0.05, 0.1) is 17.6 Å². The first-order valence-electron chi connectivity index (χ1n) is 8.78. The van der Waals surface area contributed by atoms with E-state index >= 15 is 0 Å². The molecule has 1 fully saturated rings.